The Kier molecular flexibility index (Phi) is 4.34. The van der Waals surface area contributed by atoms with E-state index in [-0.39, 0.29) is 0 Å². The Morgan fingerprint density at radius 3 is 2.76 bits per heavy atom. The molecule has 0 aliphatic carbocycles. The van der Waals surface area contributed by atoms with Gasteiger partial charge in [-0.15, -0.1) is 0 Å². The summed E-state index contributed by atoms with van der Waals surface area (Å²) in [6.45, 7) is 7.97. The first-order valence-corrected chi connectivity index (χ1v) is 7.01. The summed E-state index contributed by atoms with van der Waals surface area (Å²) < 4.78 is 2.96. The molecular formula is C12H22N4S. The number of hydrogen-bond acceptors (Lipinski definition) is 3. The van der Waals surface area contributed by atoms with Crippen LogP contribution in [0.15, 0.2) is 0 Å². The molecule has 1 N–H and O–H groups in total. The van der Waals surface area contributed by atoms with E-state index in [1.54, 1.807) is 0 Å². The summed E-state index contributed by atoms with van der Waals surface area (Å²) in [5, 5.41) is 7.25. The van der Waals surface area contributed by atoms with Gasteiger partial charge in [0.2, 0.25) is 0 Å². The Hall–Kier alpha value is -0.680. The quantitative estimate of drug-likeness (QED) is 0.820. The number of nitrogens with one attached hydrogen (secondary N) is 1. The molecule has 17 heavy (non-hydrogen) atoms. The fourth-order valence-electron chi connectivity index (χ4n) is 2.61. The smallest absolute Gasteiger partial charge is 0.195 e. The summed E-state index contributed by atoms with van der Waals surface area (Å²) in [6.07, 6.45) is 4.78. The molecule has 1 aliphatic rings. The highest BCUT2D eigenvalue weighted by atomic mass is 32.1. The lowest BCUT2D eigenvalue weighted by Gasteiger charge is -2.22. The maximum Gasteiger partial charge on any atom is 0.195 e. The van der Waals surface area contributed by atoms with E-state index >= 15 is 0 Å². The van der Waals surface area contributed by atoms with Gasteiger partial charge in [-0.2, -0.15) is 5.10 Å². The molecule has 96 valence electrons. The summed E-state index contributed by atoms with van der Waals surface area (Å²) in [7, 11) is 0. The second-order valence-electron chi connectivity index (χ2n) is 4.92. The van der Waals surface area contributed by atoms with Gasteiger partial charge in [-0.3, -0.25) is 5.10 Å². The summed E-state index contributed by atoms with van der Waals surface area (Å²) in [4.78, 5) is 2.52. The van der Waals surface area contributed by atoms with Gasteiger partial charge in [0.25, 0.3) is 0 Å². The molecule has 0 bridgehead atoms. The zero-order valence-electron chi connectivity index (χ0n) is 10.8. The zero-order chi connectivity index (χ0) is 12.3. The average molecular weight is 254 g/mol. The number of aryl methyl sites for hydroxylation is 1. The minimum Gasteiger partial charge on any atom is -0.301 e. The monoisotopic (exact) mass is 254 g/mol. The van der Waals surface area contributed by atoms with Crippen LogP contribution in [-0.4, -0.2) is 39.3 Å². The molecule has 1 fully saturated rings. The Morgan fingerprint density at radius 2 is 2.12 bits per heavy atom. The predicted molar refractivity (Wildman–Crippen MR) is 71.8 cm³/mol. The third-order valence-corrected chi connectivity index (χ3v) is 3.70. The summed E-state index contributed by atoms with van der Waals surface area (Å²) in [5.41, 5.74) is 0. The number of H-pyrrole nitrogens is 1. The van der Waals surface area contributed by atoms with Crippen LogP contribution in [-0.2, 0) is 6.42 Å². The van der Waals surface area contributed by atoms with Crippen molar-refractivity contribution in [3.63, 3.8) is 0 Å². The molecule has 2 heterocycles. The highest BCUT2D eigenvalue weighted by molar-refractivity contribution is 7.71. The minimum atomic E-state index is 0.417. The van der Waals surface area contributed by atoms with Crippen LogP contribution in [0, 0.1) is 4.77 Å². The topological polar surface area (TPSA) is 36.9 Å². The molecule has 0 radical (unpaired) electrons. The molecule has 1 aliphatic heterocycles. The molecule has 0 saturated carbocycles. The lowest BCUT2D eigenvalue weighted by atomic mass is 10.2. The molecule has 1 atom stereocenters. The van der Waals surface area contributed by atoms with E-state index < -0.39 is 0 Å². The van der Waals surface area contributed by atoms with Crippen molar-refractivity contribution < 1.29 is 0 Å². The van der Waals surface area contributed by atoms with Crippen LogP contribution in [0.5, 0.6) is 0 Å². The highest BCUT2D eigenvalue weighted by Crippen LogP contribution is 2.16. The van der Waals surface area contributed by atoms with Crippen molar-refractivity contribution in [2.45, 2.75) is 45.6 Å². The van der Waals surface area contributed by atoms with E-state index in [2.05, 4.69) is 33.5 Å². The first kappa shape index (κ1) is 12.8. The van der Waals surface area contributed by atoms with Crippen molar-refractivity contribution in [3.8, 4) is 0 Å². The SMILES string of the molecule is CCCc1n[nH]c(=S)n1C(C)CN1CCCC1. The Labute approximate surface area is 108 Å². The molecule has 1 saturated heterocycles. The van der Waals surface area contributed by atoms with Crippen LogP contribution in [0.4, 0.5) is 0 Å². The third-order valence-electron chi connectivity index (χ3n) is 3.41. The van der Waals surface area contributed by atoms with Crippen molar-refractivity contribution in [2.24, 2.45) is 0 Å². The number of nitrogens with zero attached hydrogens (tertiary/aromatic N) is 3. The van der Waals surface area contributed by atoms with Crippen molar-refractivity contribution in [1.82, 2.24) is 19.7 Å². The van der Waals surface area contributed by atoms with Gasteiger partial charge < -0.3 is 9.47 Å². The number of aromatic amines is 1. The van der Waals surface area contributed by atoms with Crippen LogP contribution in [0.3, 0.4) is 0 Å². The standard InChI is InChI=1S/C12H22N4S/c1-3-6-11-13-14-12(17)16(11)10(2)9-15-7-4-5-8-15/h10H,3-9H2,1-2H3,(H,14,17). The van der Waals surface area contributed by atoms with Gasteiger partial charge >= 0.3 is 0 Å². The van der Waals surface area contributed by atoms with Crippen molar-refractivity contribution >= 4 is 12.2 Å². The maximum absolute atomic E-state index is 5.33. The van der Waals surface area contributed by atoms with Crippen molar-refractivity contribution in [3.05, 3.63) is 10.6 Å². The largest absolute Gasteiger partial charge is 0.301 e. The molecule has 2 rings (SSSR count). The summed E-state index contributed by atoms with van der Waals surface area (Å²) in [6, 6.07) is 0.417. The number of hydrogen-bond donors (Lipinski definition) is 1. The van der Waals surface area contributed by atoms with Crippen LogP contribution in [0.2, 0.25) is 0 Å². The number of aromatic nitrogens is 3. The van der Waals surface area contributed by atoms with Crippen LogP contribution >= 0.6 is 12.2 Å². The Balaban J connectivity index is 2.08. The maximum atomic E-state index is 5.33. The van der Waals surface area contributed by atoms with Gasteiger partial charge in [0.15, 0.2) is 4.77 Å². The fourth-order valence-corrected chi connectivity index (χ4v) is 2.94. The first-order chi connectivity index (χ1) is 8.22. The number of rotatable bonds is 5. The molecule has 5 heteroatoms. The summed E-state index contributed by atoms with van der Waals surface area (Å²) in [5.74, 6) is 1.10. The fraction of sp³-hybridized carbons (Fsp3) is 0.833. The highest BCUT2D eigenvalue weighted by Gasteiger charge is 2.18. The minimum absolute atomic E-state index is 0.417. The molecule has 1 unspecified atom stereocenters. The molecule has 0 spiro atoms. The molecule has 1 aromatic heterocycles. The van der Waals surface area contributed by atoms with E-state index in [0.29, 0.717) is 6.04 Å². The molecule has 0 aromatic carbocycles. The second kappa shape index (κ2) is 5.78. The predicted octanol–water partition coefficient (Wildman–Crippen LogP) is 2.55. The van der Waals surface area contributed by atoms with E-state index in [0.717, 1.165) is 30.0 Å². The van der Waals surface area contributed by atoms with Gasteiger partial charge in [0.1, 0.15) is 5.82 Å². The van der Waals surface area contributed by atoms with E-state index in [1.807, 2.05) is 0 Å². The lowest BCUT2D eigenvalue weighted by molar-refractivity contribution is 0.283. The lowest BCUT2D eigenvalue weighted by Crippen LogP contribution is -2.28. The zero-order valence-corrected chi connectivity index (χ0v) is 11.6. The first-order valence-electron chi connectivity index (χ1n) is 6.60. The van der Waals surface area contributed by atoms with Gasteiger partial charge in [-0.05, 0) is 51.5 Å². The van der Waals surface area contributed by atoms with Crippen LogP contribution in [0.25, 0.3) is 0 Å². The Bertz CT molecular complexity index is 403. The van der Waals surface area contributed by atoms with Gasteiger partial charge in [-0.1, -0.05) is 6.92 Å². The second-order valence-corrected chi connectivity index (χ2v) is 5.31. The Morgan fingerprint density at radius 1 is 1.41 bits per heavy atom. The number of likely N-dealkylation sites (tertiary alicyclic amines) is 1. The van der Waals surface area contributed by atoms with Crippen LogP contribution < -0.4 is 0 Å². The van der Waals surface area contributed by atoms with Gasteiger partial charge in [0, 0.05) is 19.0 Å². The molecular weight excluding hydrogens is 232 g/mol. The van der Waals surface area contributed by atoms with Crippen molar-refractivity contribution in [1.29, 1.82) is 0 Å². The van der Waals surface area contributed by atoms with E-state index in [9.17, 15) is 0 Å². The molecule has 0 amide bonds. The molecule has 1 aromatic rings. The van der Waals surface area contributed by atoms with E-state index in [1.165, 1.54) is 25.9 Å². The normalized spacial score (nSPS) is 18.7. The van der Waals surface area contributed by atoms with Gasteiger partial charge in [-0.25, -0.2) is 0 Å². The third kappa shape index (κ3) is 2.96. The van der Waals surface area contributed by atoms with Crippen molar-refractivity contribution in [2.75, 3.05) is 19.6 Å². The van der Waals surface area contributed by atoms with Gasteiger partial charge in [0.05, 0.1) is 0 Å². The molecule has 4 nitrogen and oxygen atoms in total. The van der Waals surface area contributed by atoms with E-state index in [4.69, 9.17) is 12.2 Å². The average Bonchev–Trinajstić information content (AvgIpc) is 2.89. The summed E-state index contributed by atoms with van der Waals surface area (Å²) >= 11 is 5.33. The van der Waals surface area contributed by atoms with Crippen LogP contribution in [0.1, 0.15) is 45.0 Å².